The van der Waals surface area contributed by atoms with Crippen molar-refractivity contribution in [3.8, 4) is 5.75 Å². The molecule has 0 spiro atoms. The first-order valence-electron chi connectivity index (χ1n) is 9.47. The zero-order valence-electron chi connectivity index (χ0n) is 17.1. The average molecular weight is 414 g/mol. The summed E-state index contributed by atoms with van der Waals surface area (Å²) in [6, 6.07) is 16.0. The van der Waals surface area contributed by atoms with Gasteiger partial charge in [-0.2, -0.15) is 0 Å². The molecule has 1 heterocycles. The van der Waals surface area contributed by atoms with Crippen LogP contribution in [0.4, 0.5) is 0 Å². The number of piperazine rings is 1. The van der Waals surface area contributed by atoms with E-state index in [2.05, 4.69) is 36.1 Å². The smallest absolute Gasteiger partial charge is 0.414 e. The standard InChI is InChI=1S/C20H24N2O2.C2H2O4/c1-16-5-3-6-17(13-16)15-21-9-11-22(12-10-21)20(23)18-7-4-8-19(14-18)24-2;3-1(4)2(5)6/h3-8,13-14H,9-12,15H2,1-2H3;(H,3,4)(H,5,6). The number of hydrogen-bond acceptors (Lipinski definition) is 5. The molecule has 0 unspecified atom stereocenters. The van der Waals surface area contributed by atoms with E-state index in [1.54, 1.807) is 13.2 Å². The first-order valence-corrected chi connectivity index (χ1v) is 9.47. The Hall–Kier alpha value is -3.39. The minimum absolute atomic E-state index is 0.0871. The molecule has 2 aromatic carbocycles. The Balaban J connectivity index is 0.000000469. The second kappa shape index (κ2) is 11.0. The summed E-state index contributed by atoms with van der Waals surface area (Å²) >= 11 is 0. The highest BCUT2D eigenvalue weighted by atomic mass is 16.5. The zero-order chi connectivity index (χ0) is 22.1. The van der Waals surface area contributed by atoms with Crippen LogP contribution in [0, 0.1) is 6.92 Å². The lowest BCUT2D eigenvalue weighted by atomic mass is 10.1. The molecule has 0 aromatic heterocycles. The van der Waals surface area contributed by atoms with Gasteiger partial charge < -0.3 is 19.8 Å². The normalized spacial score (nSPS) is 13.7. The van der Waals surface area contributed by atoms with E-state index in [-0.39, 0.29) is 5.91 Å². The van der Waals surface area contributed by atoms with Gasteiger partial charge in [-0.1, -0.05) is 35.9 Å². The van der Waals surface area contributed by atoms with Gasteiger partial charge in [0, 0.05) is 38.3 Å². The van der Waals surface area contributed by atoms with Crippen molar-refractivity contribution >= 4 is 17.8 Å². The average Bonchev–Trinajstić information content (AvgIpc) is 2.74. The Morgan fingerprint density at radius 2 is 1.57 bits per heavy atom. The second-order valence-electron chi connectivity index (χ2n) is 6.90. The van der Waals surface area contributed by atoms with Gasteiger partial charge in [0.2, 0.25) is 0 Å². The molecule has 30 heavy (non-hydrogen) atoms. The molecule has 3 rings (SSSR count). The number of hydrogen-bond donors (Lipinski definition) is 2. The summed E-state index contributed by atoms with van der Waals surface area (Å²) in [5, 5.41) is 14.8. The number of aliphatic carboxylic acids is 2. The van der Waals surface area contributed by atoms with E-state index in [0.29, 0.717) is 5.56 Å². The number of aryl methyl sites for hydroxylation is 1. The molecule has 8 nitrogen and oxygen atoms in total. The summed E-state index contributed by atoms with van der Waals surface area (Å²) in [4.78, 5) is 35.2. The summed E-state index contributed by atoms with van der Waals surface area (Å²) in [5.74, 6) is -2.84. The predicted octanol–water partition coefficient (Wildman–Crippen LogP) is 2.12. The summed E-state index contributed by atoms with van der Waals surface area (Å²) in [6.45, 7) is 6.41. The predicted molar refractivity (Wildman–Crippen MR) is 111 cm³/mol. The van der Waals surface area contributed by atoms with Gasteiger partial charge in [0.05, 0.1) is 7.11 Å². The Bertz CT molecular complexity index is 879. The maximum atomic E-state index is 12.6. The van der Waals surface area contributed by atoms with Gasteiger partial charge in [-0.15, -0.1) is 0 Å². The van der Waals surface area contributed by atoms with Crippen molar-refractivity contribution in [1.82, 2.24) is 9.80 Å². The second-order valence-corrected chi connectivity index (χ2v) is 6.90. The Kier molecular flexibility index (Phi) is 8.37. The van der Waals surface area contributed by atoms with Crippen LogP contribution in [0.3, 0.4) is 0 Å². The number of rotatable bonds is 4. The molecule has 1 amide bonds. The van der Waals surface area contributed by atoms with Gasteiger partial charge >= 0.3 is 11.9 Å². The number of methoxy groups -OCH3 is 1. The van der Waals surface area contributed by atoms with Crippen LogP contribution in [-0.2, 0) is 16.1 Å². The zero-order valence-corrected chi connectivity index (χ0v) is 17.1. The van der Waals surface area contributed by atoms with E-state index in [0.717, 1.165) is 38.5 Å². The van der Waals surface area contributed by atoms with Crippen LogP contribution in [0.2, 0.25) is 0 Å². The number of ether oxygens (including phenoxy) is 1. The van der Waals surface area contributed by atoms with Crippen molar-refractivity contribution in [3.63, 3.8) is 0 Å². The molecule has 2 aromatic rings. The molecular formula is C22H26N2O6. The maximum Gasteiger partial charge on any atom is 0.414 e. The molecule has 0 aliphatic carbocycles. The quantitative estimate of drug-likeness (QED) is 0.738. The maximum absolute atomic E-state index is 12.6. The highest BCUT2D eigenvalue weighted by Gasteiger charge is 2.22. The number of carbonyl (C=O) groups is 3. The minimum atomic E-state index is -1.82. The first-order chi connectivity index (χ1) is 14.3. The molecule has 0 atom stereocenters. The van der Waals surface area contributed by atoms with Crippen LogP contribution in [0.25, 0.3) is 0 Å². The lowest BCUT2D eigenvalue weighted by molar-refractivity contribution is -0.159. The monoisotopic (exact) mass is 414 g/mol. The van der Waals surface area contributed by atoms with E-state index in [1.807, 2.05) is 23.1 Å². The van der Waals surface area contributed by atoms with Gasteiger partial charge in [0.1, 0.15) is 5.75 Å². The lowest BCUT2D eigenvalue weighted by Crippen LogP contribution is -2.48. The summed E-state index contributed by atoms with van der Waals surface area (Å²) in [5.41, 5.74) is 3.32. The summed E-state index contributed by atoms with van der Waals surface area (Å²) in [6.07, 6.45) is 0. The van der Waals surface area contributed by atoms with Crippen molar-refractivity contribution in [2.24, 2.45) is 0 Å². The molecule has 160 valence electrons. The molecule has 1 aliphatic rings. The van der Waals surface area contributed by atoms with E-state index < -0.39 is 11.9 Å². The van der Waals surface area contributed by atoms with Crippen molar-refractivity contribution < 1.29 is 29.3 Å². The van der Waals surface area contributed by atoms with Crippen LogP contribution in [0.15, 0.2) is 48.5 Å². The topological polar surface area (TPSA) is 107 Å². The molecule has 2 N–H and O–H groups in total. The fourth-order valence-corrected chi connectivity index (χ4v) is 3.12. The Morgan fingerprint density at radius 3 is 2.13 bits per heavy atom. The minimum Gasteiger partial charge on any atom is -0.497 e. The molecule has 1 aliphatic heterocycles. The molecule has 0 radical (unpaired) electrons. The number of nitrogens with zero attached hydrogens (tertiary/aromatic N) is 2. The van der Waals surface area contributed by atoms with Crippen LogP contribution >= 0.6 is 0 Å². The van der Waals surface area contributed by atoms with Gasteiger partial charge in [0.25, 0.3) is 5.91 Å². The number of amides is 1. The van der Waals surface area contributed by atoms with Crippen molar-refractivity contribution in [3.05, 3.63) is 65.2 Å². The number of carbonyl (C=O) groups excluding carboxylic acids is 1. The number of carboxylic acid groups (broad SMARTS) is 2. The number of carboxylic acids is 2. The van der Waals surface area contributed by atoms with Gasteiger partial charge in [-0.3, -0.25) is 9.69 Å². The van der Waals surface area contributed by atoms with Crippen molar-refractivity contribution in [2.45, 2.75) is 13.5 Å². The van der Waals surface area contributed by atoms with E-state index in [1.165, 1.54) is 11.1 Å². The third kappa shape index (κ3) is 6.89. The molecule has 8 heteroatoms. The van der Waals surface area contributed by atoms with E-state index in [9.17, 15) is 4.79 Å². The largest absolute Gasteiger partial charge is 0.497 e. The Morgan fingerprint density at radius 1 is 0.933 bits per heavy atom. The third-order valence-electron chi connectivity index (χ3n) is 4.65. The molecule has 0 bridgehead atoms. The highest BCUT2D eigenvalue weighted by Crippen LogP contribution is 2.16. The van der Waals surface area contributed by atoms with E-state index >= 15 is 0 Å². The van der Waals surface area contributed by atoms with Gasteiger partial charge in [-0.25, -0.2) is 9.59 Å². The van der Waals surface area contributed by atoms with Gasteiger partial charge in [0.15, 0.2) is 0 Å². The third-order valence-corrected chi connectivity index (χ3v) is 4.65. The SMILES string of the molecule is COc1cccc(C(=O)N2CCN(Cc3cccc(C)c3)CC2)c1.O=C(O)C(=O)O. The highest BCUT2D eigenvalue weighted by molar-refractivity contribution is 6.27. The molecule has 0 saturated carbocycles. The number of benzene rings is 2. The van der Waals surface area contributed by atoms with Crippen LogP contribution in [-0.4, -0.2) is 71.1 Å². The molecular weight excluding hydrogens is 388 g/mol. The van der Waals surface area contributed by atoms with Gasteiger partial charge in [-0.05, 0) is 30.7 Å². The van der Waals surface area contributed by atoms with Crippen LogP contribution < -0.4 is 4.74 Å². The van der Waals surface area contributed by atoms with Crippen molar-refractivity contribution in [1.29, 1.82) is 0 Å². The van der Waals surface area contributed by atoms with Crippen LogP contribution in [0.1, 0.15) is 21.5 Å². The molecule has 1 fully saturated rings. The summed E-state index contributed by atoms with van der Waals surface area (Å²) in [7, 11) is 1.62. The lowest BCUT2D eigenvalue weighted by Gasteiger charge is -2.34. The summed E-state index contributed by atoms with van der Waals surface area (Å²) < 4.78 is 5.21. The van der Waals surface area contributed by atoms with Crippen molar-refractivity contribution in [2.75, 3.05) is 33.3 Å². The van der Waals surface area contributed by atoms with Crippen LogP contribution in [0.5, 0.6) is 5.75 Å². The Labute approximate surface area is 175 Å². The first kappa shape index (κ1) is 22.9. The fraction of sp³-hybridized carbons (Fsp3) is 0.318. The molecule has 1 saturated heterocycles. The fourth-order valence-electron chi connectivity index (χ4n) is 3.12. The van der Waals surface area contributed by atoms with E-state index in [4.69, 9.17) is 24.5 Å².